The number of nitrogens with one attached hydrogen (secondary N) is 1. The fourth-order valence-electron chi connectivity index (χ4n) is 4.15. The molecule has 0 spiro atoms. The first-order valence-electron chi connectivity index (χ1n) is 9.48. The standard InChI is InChI=1S/C22H18F4N2O2S/c1-12-15(6-3-7-16(12)23)21(20(29)28-30)10-17-18(11-21)31-19(27-17)9-13-4-2-5-14(8-13)22(24,25)26/h2-8,30H,9-11H2,1H3,(H,28,29). The number of carbonyl (C=O) groups is 1. The number of hydrogen-bond donors (Lipinski definition) is 2. The van der Waals surface area contributed by atoms with Gasteiger partial charge in [0.05, 0.1) is 21.7 Å². The van der Waals surface area contributed by atoms with Crippen molar-refractivity contribution in [3.8, 4) is 0 Å². The number of carbonyl (C=O) groups excluding carboxylic acids is 1. The Kier molecular flexibility index (Phi) is 5.35. The second kappa shape index (κ2) is 7.72. The predicted octanol–water partition coefficient (Wildman–Crippen LogP) is 4.74. The summed E-state index contributed by atoms with van der Waals surface area (Å²) < 4.78 is 53.0. The molecule has 0 saturated heterocycles. The van der Waals surface area contributed by atoms with Gasteiger partial charge in [0, 0.05) is 24.1 Å². The molecule has 0 radical (unpaired) electrons. The maximum absolute atomic E-state index is 14.2. The molecule has 1 aliphatic carbocycles. The molecule has 3 aromatic rings. The van der Waals surface area contributed by atoms with Crippen molar-refractivity contribution in [2.75, 3.05) is 0 Å². The van der Waals surface area contributed by atoms with Crippen LogP contribution in [-0.2, 0) is 35.6 Å². The highest BCUT2D eigenvalue weighted by molar-refractivity contribution is 7.11. The van der Waals surface area contributed by atoms with Gasteiger partial charge in [0.1, 0.15) is 5.82 Å². The molecule has 4 nitrogen and oxygen atoms in total. The second-order valence-electron chi connectivity index (χ2n) is 7.64. The topological polar surface area (TPSA) is 62.2 Å². The van der Waals surface area contributed by atoms with Crippen LogP contribution in [0.15, 0.2) is 42.5 Å². The van der Waals surface area contributed by atoms with E-state index in [1.807, 2.05) is 0 Å². The number of fused-ring (bicyclic) bond motifs is 1. The minimum absolute atomic E-state index is 0.165. The third-order valence-corrected chi connectivity index (χ3v) is 6.78. The van der Waals surface area contributed by atoms with Crippen LogP contribution in [0.25, 0.3) is 0 Å². The summed E-state index contributed by atoms with van der Waals surface area (Å²) in [6, 6.07) is 9.58. The number of thiazole rings is 1. The van der Waals surface area contributed by atoms with Crippen molar-refractivity contribution in [1.29, 1.82) is 0 Å². The van der Waals surface area contributed by atoms with Crippen molar-refractivity contribution in [3.05, 3.63) is 86.1 Å². The molecule has 0 bridgehead atoms. The molecule has 0 saturated carbocycles. The zero-order valence-corrected chi connectivity index (χ0v) is 17.2. The molecule has 2 N–H and O–H groups in total. The van der Waals surface area contributed by atoms with E-state index in [2.05, 4.69) is 4.98 Å². The summed E-state index contributed by atoms with van der Waals surface area (Å²) in [5.74, 6) is -1.10. The third-order valence-electron chi connectivity index (χ3n) is 5.68. The molecule has 0 aliphatic heterocycles. The highest BCUT2D eigenvalue weighted by Crippen LogP contribution is 2.44. The summed E-state index contributed by atoms with van der Waals surface area (Å²) in [5.41, 5.74) is 1.72. The Morgan fingerprint density at radius 3 is 2.65 bits per heavy atom. The van der Waals surface area contributed by atoms with Gasteiger partial charge in [0.2, 0.25) is 0 Å². The summed E-state index contributed by atoms with van der Waals surface area (Å²) in [7, 11) is 0. The smallest absolute Gasteiger partial charge is 0.289 e. The summed E-state index contributed by atoms with van der Waals surface area (Å²) in [4.78, 5) is 18.0. The van der Waals surface area contributed by atoms with E-state index in [-0.39, 0.29) is 19.3 Å². The van der Waals surface area contributed by atoms with E-state index in [0.717, 1.165) is 17.0 Å². The van der Waals surface area contributed by atoms with Crippen molar-refractivity contribution < 1.29 is 27.6 Å². The van der Waals surface area contributed by atoms with E-state index in [1.54, 1.807) is 24.5 Å². The summed E-state index contributed by atoms with van der Waals surface area (Å²) in [6.07, 6.45) is -3.79. The van der Waals surface area contributed by atoms with Crippen LogP contribution >= 0.6 is 11.3 Å². The van der Waals surface area contributed by atoms with Gasteiger partial charge < -0.3 is 0 Å². The lowest BCUT2D eigenvalue weighted by atomic mass is 9.75. The zero-order chi connectivity index (χ0) is 22.4. The van der Waals surface area contributed by atoms with Crippen LogP contribution in [0.2, 0.25) is 0 Å². The lowest BCUT2D eigenvalue weighted by molar-refractivity contribution is -0.137. The van der Waals surface area contributed by atoms with Gasteiger partial charge >= 0.3 is 6.18 Å². The maximum atomic E-state index is 14.2. The predicted molar refractivity (Wildman–Crippen MR) is 107 cm³/mol. The zero-order valence-electron chi connectivity index (χ0n) is 16.4. The molecule has 31 heavy (non-hydrogen) atoms. The van der Waals surface area contributed by atoms with Crippen molar-refractivity contribution in [1.82, 2.24) is 10.5 Å². The molecule has 1 atom stereocenters. The lowest BCUT2D eigenvalue weighted by Crippen LogP contribution is -2.44. The Morgan fingerprint density at radius 1 is 1.23 bits per heavy atom. The van der Waals surface area contributed by atoms with Crippen LogP contribution in [0, 0.1) is 12.7 Å². The minimum atomic E-state index is -4.42. The molecule has 9 heteroatoms. The fourth-order valence-corrected chi connectivity index (χ4v) is 5.38. The number of halogens is 4. The molecule has 1 amide bonds. The van der Waals surface area contributed by atoms with Gasteiger partial charge in [-0.25, -0.2) is 14.9 Å². The van der Waals surface area contributed by atoms with Crippen LogP contribution in [-0.4, -0.2) is 16.1 Å². The Balaban J connectivity index is 1.64. The average molecular weight is 450 g/mol. The number of hydrogen-bond acceptors (Lipinski definition) is 4. The summed E-state index contributed by atoms with van der Waals surface area (Å²) in [6.45, 7) is 1.58. The van der Waals surface area contributed by atoms with Crippen LogP contribution in [0.1, 0.15) is 37.8 Å². The van der Waals surface area contributed by atoms with Crippen molar-refractivity contribution in [3.63, 3.8) is 0 Å². The van der Waals surface area contributed by atoms with Crippen molar-refractivity contribution >= 4 is 17.2 Å². The van der Waals surface area contributed by atoms with Crippen LogP contribution in [0.3, 0.4) is 0 Å². The average Bonchev–Trinajstić information content (AvgIpc) is 3.25. The molecule has 1 heterocycles. The maximum Gasteiger partial charge on any atom is 0.416 e. The Morgan fingerprint density at radius 2 is 1.97 bits per heavy atom. The van der Waals surface area contributed by atoms with Gasteiger partial charge in [-0.1, -0.05) is 30.3 Å². The van der Waals surface area contributed by atoms with E-state index in [0.29, 0.717) is 27.4 Å². The Hall–Kier alpha value is -2.78. The van der Waals surface area contributed by atoms with Gasteiger partial charge in [0.25, 0.3) is 5.91 Å². The molecular weight excluding hydrogens is 432 g/mol. The fraction of sp³-hybridized carbons (Fsp3) is 0.273. The SMILES string of the molecule is Cc1c(F)cccc1C1(C(=O)NO)Cc2nc(Cc3cccc(C(F)(F)F)c3)sc2C1. The van der Waals surface area contributed by atoms with Gasteiger partial charge in [-0.3, -0.25) is 10.0 Å². The Labute approximate surface area is 179 Å². The molecule has 1 unspecified atom stereocenters. The number of amides is 1. The van der Waals surface area contributed by atoms with E-state index in [4.69, 9.17) is 0 Å². The quantitative estimate of drug-likeness (QED) is 0.343. The van der Waals surface area contributed by atoms with Crippen LogP contribution in [0.5, 0.6) is 0 Å². The number of hydroxylamine groups is 1. The van der Waals surface area contributed by atoms with Gasteiger partial charge in [0.15, 0.2) is 0 Å². The first-order chi connectivity index (χ1) is 14.6. The van der Waals surface area contributed by atoms with E-state index >= 15 is 0 Å². The molecule has 1 aromatic heterocycles. The van der Waals surface area contributed by atoms with E-state index in [1.165, 1.54) is 29.5 Å². The lowest BCUT2D eigenvalue weighted by Gasteiger charge is -2.28. The first kappa shape index (κ1) is 21.5. The highest BCUT2D eigenvalue weighted by Gasteiger charge is 2.48. The minimum Gasteiger partial charge on any atom is -0.289 e. The largest absolute Gasteiger partial charge is 0.416 e. The highest BCUT2D eigenvalue weighted by atomic mass is 32.1. The van der Waals surface area contributed by atoms with Crippen molar-refractivity contribution in [2.24, 2.45) is 0 Å². The van der Waals surface area contributed by atoms with Gasteiger partial charge in [-0.15, -0.1) is 11.3 Å². The van der Waals surface area contributed by atoms with Crippen molar-refractivity contribution in [2.45, 2.75) is 37.8 Å². The number of benzene rings is 2. The number of rotatable bonds is 4. The van der Waals surface area contributed by atoms with Gasteiger partial charge in [-0.05, 0) is 35.7 Å². The summed E-state index contributed by atoms with van der Waals surface area (Å²) >= 11 is 1.32. The number of aromatic nitrogens is 1. The van der Waals surface area contributed by atoms with Crippen LogP contribution < -0.4 is 5.48 Å². The molecule has 1 aliphatic rings. The molecule has 162 valence electrons. The van der Waals surface area contributed by atoms with E-state index < -0.39 is 28.9 Å². The molecular formula is C22H18F4N2O2S. The van der Waals surface area contributed by atoms with Gasteiger partial charge in [-0.2, -0.15) is 13.2 Å². The third kappa shape index (κ3) is 3.83. The normalized spacial score (nSPS) is 18.1. The molecule has 4 rings (SSSR count). The Bertz CT molecular complexity index is 1130. The number of alkyl halides is 3. The molecule has 2 aromatic carbocycles. The monoisotopic (exact) mass is 450 g/mol. The molecule has 0 fully saturated rings. The second-order valence-corrected chi connectivity index (χ2v) is 8.81. The number of nitrogens with zero attached hydrogens (tertiary/aromatic N) is 1. The van der Waals surface area contributed by atoms with E-state index in [9.17, 15) is 27.6 Å². The van der Waals surface area contributed by atoms with Crippen LogP contribution in [0.4, 0.5) is 17.6 Å². The first-order valence-corrected chi connectivity index (χ1v) is 10.3. The summed E-state index contributed by atoms with van der Waals surface area (Å²) in [5, 5.41) is 9.97.